The third kappa shape index (κ3) is 6.07. The van der Waals surface area contributed by atoms with Crippen LogP contribution in [0.3, 0.4) is 0 Å². The van der Waals surface area contributed by atoms with Crippen molar-refractivity contribution >= 4 is 263 Å². The number of para-hydroxylation sites is 10. The SMILES string of the molecule is CN1c2cc3c(cc2B2c4cc5c(cc4N(C)c4c2c1c1c2ccccc2n2c6ccccc6c4c12)N(C)c1c2c(c4c6ccccc6n6c7ccccc7c1c46)N(c1ccccc1)c1ccccc1B52)B1c2ccccc2N(c2ccccc2)c2c1c(c1c4ccccc4n4c5ccccc5c2c14)N3C. The summed E-state index contributed by atoms with van der Waals surface area (Å²) in [4.78, 5) is 15.7. The van der Waals surface area contributed by atoms with Crippen molar-refractivity contribution in [2.75, 3.05) is 57.6 Å². The molecule has 0 fully saturated rings. The lowest BCUT2D eigenvalue weighted by Gasteiger charge is -2.47. The predicted molar refractivity (Wildman–Crippen MR) is 452 cm³/mol. The molecule has 0 radical (unpaired) electrons. The molecule has 0 aliphatic carbocycles. The number of hydrogen-bond donors (Lipinski definition) is 0. The summed E-state index contributed by atoms with van der Waals surface area (Å²) in [5.41, 5.74) is 40.4. The molecule has 0 N–H and O–H groups in total. The Balaban J connectivity index is 0.796. The average molecular weight is 1350 g/mol. The van der Waals surface area contributed by atoms with E-state index in [-0.39, 0.29) is 20.1 Å². The zero-order chi connectivity index (χ0) is 68.9. The standard InChI is InChI=1S/C94H58B3N9/c1-98-75-49-73-61(95-59-37-17-25-45-71(59)102(51-27-7-5-8-28-51)93-81-57-35-15-23-43-69(57)105-67-41-21-13-33-55(67)79(87(81)105)91(84(93)95)100(73)3)47-63(75)97-64-48-62-74(50-76(64)99(2)90-78-54-32-12-20-40-66(54)104-65-39-19-11-31-53(65)77(86(78)104)89(98)83(90)97)101(4)92-80-56-34-14-22-42-68(56)106-70-44-24-16-36-58(70)82(88(80)106)94-85(92)96(62)60-38-18-26-46-72(60)103(94)52-29-9-6-10-30-52/h5-50H,1-4H3. The van der Waals surface area contributed by atoms with Crippen molar-refractivity contribution in [3.8, 4) is 0 Å². The van der Waals surface area contributed by atoms with E-state index in [1.165, 1.54) is 232 Å². The molecule has 0 saturated heterocycles. The summed E-state index contributed by atoms with van der Waals surface area (Å²) in [6.45, 7) is -0.489. The lowest BCUT2D eigenvalue weighted by molar-refractivity contribution is 1.18. The van der Waals surface area contributed by atoms with Crippen LogP contribution in [0.5, 0.6) is 0 Å². The van der Waals surface area contributed by atoms with E-state index < -0.39 is 0 Å². The van der Waals surface area contributed by atoms with Crippen molar-refractivity contribution in [1.82, 2.24) is 13.2 Å². The lowest BCUT2D eigenvalue weighted by atomic mass is 9.29. The van der Waals surface area contributed by atoms with E-state index in [0.29, 0.717) is 0 Å². The molecule has 0 spiro atoms. The highest BCUT2D eigenvalue weighted by Gasteiger charge is 2.52. The molecule has 0 saturated carbocycles. The van der Waals surface area contributed by atoms with Crippen LogP contribution in [0.1, 0.15) is 0 Å². The van der Waals surface area contributed by atoms with Crippen LogP contribution in [0.25, 0.3) is 114 Å². The van der Waals surface area contributed by atoms with Gasteiger partial charge in [-0.3, -0.25) is 0 Å². The highest BCUT2D eigenvalue weighted by Crippen LogP contribution is 2.58. The largest absolute Gasteiger partial charge is 0.345 e. The van der Waals surface area contributed by atoms with Gasteiger partial charge in [-0.05, 0) is 134 Å². The maximum atomic E-state index is 2.73. The molecular weight excluding hydrogens is 1290 g/mol. The molecule has 12 heteroatoms. The molecule has 0 unspecified atom stereocenters. The molecular formula is C94H58B3N9. The Morgan fingerprint density at radius 3 is 0.745 bits per heavy atom. The summed E-state index contributed by atoms with van der Waals surface area (Å²) in [6, 6.07) is 107. The fraction of sp³-hybridized carbons (Fsp3) is 0.0426. The van der Waals surface area contributed by atoms with Gasteiger partial charge in [-0.2, -0.15) is 0 Å². The molecule has 6 aliphatic rings. The van der Waals surface area contributed by atoms with Crippen molar-refractivity contribution in [2.45, 2.75) is 0 Å². The molecule has 488 valence electrons. The van der Waals surface area contributed by atoms with Gasteiger partial charge in [0.15, 0.2) is 0 Å². The quantitative estimate of drug-likeness (QED) is 0.160. The Labute approximate surface area is 609 Å². The number of aromatic nitrogens is 3. The molecule has 0 bridgehead atoms. The van der Waals surface area contributed by atoms with E-state index in [1.807, 2.05) is 0 Å². The topological polar surface area (TPSA) is 32.7 Å². The number of nitrogens with zero attached hydrogens (tertiary/aromatic N) is 9. The van der Waals surface area contributed by atoms with E-state index in [4.69, 9.17) is 0 Å². The monoisotopic (exact) mass is 1350 g/mol. The van der Waals surface area contributed by atoms with Gasteiger partial charge in [0.05, 0.1) is 61.0 Å². The van der Waals surface area contributed by atoms with Gasteiger partial charge in [0.2, 0.25) is 0 Å². The third-order valence-electron chi connectivity index (χ3n) is 26.2. The summed E-state index contributed by atoms with van der Waals surface area (Å²) < 4.78 is 7.75. The van der Waals surface area contributed by atoms with E-state index in [9.17, 15) is 0 Å². The summed E-state index contributed by atoms with van der Waals surface area (Å²) in [7, 11) is 9.54. The molecule has 0 atom stereocenters. The molecule has 6 aliphatic heterocycles. The first kappa shape index (κ1) is 55.3. The number of anilines is 14. The van der Waals surface area contributed by atoms with Crippen molar-refractivity contribution in [1.29, 1.82) is 0 Å². The Morgan fingerprint density at radius 2 is 0.443 bits per heavy atom. The number of benzene rings is 15. The van der Waals surface area contributed by atoms with E-state index >= 15 is 0 Å². The second-order valence-electron chi connectivity index (χ2n) is 30.7. The molecule has 15 aromatic carbocycles. The first-order chi connectivity index (χ1) is 52.4. The Hall–Kier alpha value is -13.3. The summed E-state index contributed by atoms with van der Waals surface area (Å²) in [5, 5.41) is 15.4. The van der Waals surface area contributed by atoms with E-state index in [2.05, 4.69) is 350 Å². The highest BCUT2D eigenvalue weighted by molar-refractivity contribution is 7.05. The van der Waals surface area contributed by atoms with Gasteiger partial charge >= 0.3 is 0 Å². The van der Waals surface area contributed by atoms with E-state index in [1.54, 1.807) is 0 Å². The van der Waals surface area contributed by atoms with Gasteiger partial charge in [0.25, 0.3) is 20.1 Å². The molecule has 27 rings (SSSR count). The van der Waals surface area contributed by atoms with Gasteiger partial charge in [0.1, 0.15) is 0 Å². The van der Waals surface area contributed by atoms with Crippen LogP contribution in [0, 0.1) is 0 Å². The second kappa shape index (κ2) is 18.7. The minimum Gasteiger partial charge on any atom is -0.345 e. The van der Waals surface area contributed by atoms with Crippen LogP contribution in [0.2, 0.25) is 0 Å². The zero-order valence-corrected chi connectivity index (χ0v) is 58.3. The van der Waals surface area contributed by atoms with Crippen molar-refractivity contribution in [2.24, 2.45) is 0 Å². The first-order valence-corrected chi connectivity index (χ1v) is 37.3. The van der Waals surface area contributed by atoms with Gasteiger partial charge in [-0.1, -0.05) is 194 Å². The minimum absolute atomic E-state index is 0.141. The summed E-state index contributed by atoms with van der Waals surface area (Å²) in [5.74, 6) is 0. The van der Waals surface area contributed by atoms with Crippen molar-refractivity contribution in [3.05, 3.63) is 279 Å². The lowest BCUT2D eigenvalue weighted by Crippen LogP contribution is -2.67. The smallest absolute Gasteiger partial charge is 0.252 e. The highest BCUT2D eigenvalue weighted by atomic mass is 15.2. The molecule has 12 heterocycles. The maximum Gasteiger partial charge on any atom is 0.252 e. The van der Waals surface area contributed by atoms with Crippen LogP contribution in [0.4, 0.5) is 79.6 Å². The van der Waals surface area contributed by atoms with Crippen LogP contribution < -0.4 is 78.6 Å². The fourth-order valence-electron chi connectivity index (χ4n) is 22.5. The number of rotatable bonds is 2. The minimum atomic E-state index is -0.208. The van der Waals surface area contributed by atoms with Gasteiger partial charge in [-0.25, -0.2) is 0 Å². The number of fused-ring (bicyclic) bond motifs is 36. The van der Waals surface area contributed by atoms with Crippen LogP contribution in [0.15, 0.2) is 279 Å². The molecule has 9 nitrogen and oxygen atoms in total. The summed E-state index contributed by atoms with van der Waals surface area (Å²) in [6.07, 6.45) is 0. The van der Waals surface area contributed by atoms with Gasteiger partial charge in [0, 0.05) is 161 Å². The zero-order valence-electron chi connectivity index (χ0n) is 58.3. The average Bonchev–Trinajstić information content (AvgIpc) is 1.48. The van der Waals surface area contributed by atoms with Gasteiger partial charge in [-0.15, -0.1) is 0 Å². The Bertz CT molecular complexity index is 7220. The normalized spacial score (nSPS) is 14.6. The van der Waals surface area contributed by atoms with E-state index in [0.717, 1.165) is 11.4 Å². The van der Waals surface area contributed by atoms with Crippen LogP contribution in [-0.4, -0.2) is 61.5 Å². The molecule has 106 heavy (non-hydrogen) atoms. The Kier molecular flexibility index (Phi) is 9.77. The third-order valence-corrected chi connectivity index (χ3v) is 26.2. The maximum absolute atomic E-state index is 2.73. The molecule has 0 amide bonds. The second-order valence-corrected chi connectivity index (χ2v) is 30.7. The van der Waals surface area contributed by atoms with Gasteiger partial charge < -0.3 is 42.6 Å². The number of hydrogen-bond acceptors (Lipinski definition) is 6. The predicted octanol–water partition coefficient (Wildman–Crippen LogP) is 16.6. The fourth-order valence-corrected chi connectivity index (χ4v) is 22.5. The summed E-state index contributed by atoms with van der Waals surface area (Å²) >= 11 is 0. The van der Waals surface area contributed by atoms with Crippen molar-refractivity contribution < 1.29 is 0 Å². The first-order valence-electron chi connectivity index (χ1n) is 37.3. The van der Waals surface area contributed by atoms with Crippen molar-refractivity contribution in [3.63, 3.8) is 0 Å². The van der Waals surface area contributed by atoms with Crippen LogP contribution in [-0.2, 0) is 0 Å². The molecule has 21 aromatic rings. The van der Waals surface area contributed by atoms with Crippen LogP contribution >= 0.6 is 0 Å². The molecule has 6 aromatic heterocycles. The Morgan fingerprint density at radius 1 is 0.208 bits per heavy atom.